The quantitative estimate of drug-likeness (QED) is 0.662. The molecule has 0 saturated heterocycles. The van der Waals surface area contributed by atoms with Gasteiger partial charge in [0.05, 0.1) is 0 Å². The number of hydrogen-bond donors (Lipinski definition) is 1. The van der Waals surface area contributed by atoms with Gasteiger partial charge in [-0.3, -0.25) is 0 Å². The van der Waals surface area contributed by atoms with E-state index in [1.54, 1.807) is 0 Å². The molecular weight excluding hydrogens is 318 g/mol. The summed E-state index contributed by atoms with van der Waals surface area (Å²) in [6.45, 7) is 14.2. The highest BCUT2D eigenvalue weighted by Crippen LogP contribution is 2.48. The van der Waals surface area contributed by atoms with Crippen molar-refractivity contribution >= 4 is 28.1 Å². The van der Waals surface area contributed by atoms with Crippen LogP contribution in [-0.2, 0) is 5.41 Å². The van der Waals surface area contributed by atoms with Crippen molar-refractivity contribution in [1.29, 1.82) is 0 Å². The molecular formula is C21H28ClNO. The predicted octanol–water partition coefficient (Wildman–Crippen LogP) is 5.78. The average Bonchev–Trinajstić information content (AvgIpc) is 2.84. The molecule has 0 spiro atoms. The maximum absolute atomic E-state index is 10.6. The van der Waals surface area contributed by atoms with Crippen molar-refractivity contribution in [1.82, 2.24) is 0 Å². The fourth-order valence-electron chi connectivity index (χ4n) is 3.70. The van der Waals surface area contributed by atoms with Crippen molar-refractivity contribution in [2.45, 2.75) is 58.4 Å². The van der Waals surface area contributed by atoms with Gasteiger partial charge in [0, 0.05) is 41.0 Å². The van der Waals surface area contributed by atoms with E-state index < -0.39 is 0 Å². The molecule has 1 heterocycles. The van der Waals surface area contributed by atoms with E-state index in [9.17, 15) is 5.11 Å². The minimum Gasteiger partial charge on any atom is -0.507 e. The van der Waals surface area contributed by atoms with Gasteiger partial charge >= 0.3 is 0 Å². The van der Waals surface area contributed by atoms with Gasteiger partial charge in [-0.25, -0.2) is 0 Å². The monoisotopic (exact) mass is 345 g/mol. The molecule has 1 aliphatic heterocycles. The van der Waals surface area contributed by atoms with Crippen molar-refractivity contribution in [3.63, 3.8) is 0 Å². The SMILES string of the molecule is CC(C)(C)c1ccc2c(O)cc3c(c2c1)[C@H](CCl)CN3C(C)(C)C. The Labute approximate surface area is 150 Å². The second-order valence-corrected chi connectivity index (χ2v) is 9.28. The molecule has 24 heavy (non-hydrogen) atoms. The minimum atomic E-state index is -0.00267. The molecule has 2 nitrogen and oxygen atoms in total. The number of aromatic hydroxyl groups is 1. The molecule has 1 N–H and O–H groups in total. The Balaban J connectivity index is 2.33. The summed E-state index contributed by atoms with van der Waals surface area (Å²) in [6, 6.07) is 8.35. The van der Waals surface area contributed by atoms with E-state index in [4.69, 9.17) is 11.6 Å². The third kappa shape index (κ3) is 2.75. The Morgan fingerprint density at radius 3 is 2.29 bits per heavy atom. The van der Waals surface area contributed by atoms with Crippen LogP contribution in [-0.4, -0.2) is 23.1 Å². The third-order valence-corrected chi connectivity index (χ3v) is 5.47. The highest BCUT2D eigenvalue weighted by atomic mass is 35.5. The van der Waals surface area contributed by atoms with Crippen molar-refractivity contribution in [2.24, 2.45) is 0 Å². The topological polar surface area (TPSA) is 23.5 Å². The summed E-state index contributed by atoms with van der Waals surface area (Å²) in [4.78, 5) is 2.37. The smallest absolute Gasteiger partial charge is 0.125 e. The van der Waals surface area contributed by atoms with Crippen LogP contribution >= 0.6 is 11.6 Å². The number of anilines is 1. The first-order chi connectivity index (χ1) is 11.0. The van der Waals surface area contributed by atoms with Gasteiger partial charge in [-0.2, -0.15) is 0 Å². The van der Waals surface area contributed by atoms with E-state index in [0.717, 1.165) is 23.0 Å². The number of alkyl halides is 1. The third-order valence-electron chi connectivity index (χ3n) is 5.10. The molecule has 0 amide bonds. The first kappa shape index (κ1) is 17.4. The lowest BCUT2D eigenvalue weighted by molar-refractivity contribution is 0.479. The van der Waals surface area contributed by atoms with E-state index in [2.05, 4.69) is 64.6 Å². The van der Waals surface area contributed by atoms with E-state index in [0.29, 0.717) is 17.5 Å². The number of hydrogen-bond acceptors (Lipinski definition) is 2. The number of nitrogens with zero attached hydrogens (tertiary/aromatic N) is 1. The Kier molecular flexibility index (Phi) is 4.03. The molecule has 0 saturated carbocycles. The molecule has 0 fully saturated rings. The number of benzene rings is 2. The number of rotatable bonds is 1. The summed E-state index contributed by atoms with van der Waals surface area (Å²) in [5.74, 6) is 1.24. The average molecular weight is 346 g/mol. The van der Waals surface area contributed by atoms with E-state index >= 15 is 0 Å². The van der Waals surface area contributed by atoms with Gasteiger partial charge in [0.1, 0.15) is 5.75 Å². The number of halogens is 1. The van der Waals surface area contributed by atoms with Crippen molar-refractivity contribution in [2.75, 3.05) is 17.3 Å². The molecule has 3 rings (SSSR count). The Morgan fingerprint density at radius 1 is 1.08 bits per heavy atom. The van der Waals surface area contributed by atoms with Gasteiger partial charge in [-0.1, -0.05) is 39.0 Å². The molecule has 2 aromatic carbocycles. The lowest BCUT2D eigenvalue weighted by Crippen LogP contribution is -2.40. The molecule has 2 aromatic rings. The van der Waals surface area contributed by atoms with Gasteiger partial charge < -0.3 is 10.0 Å². The molecule has 0 aliphatic carbocycles. The molecule has 0 radical (unpaired) electrons. The summed E-state index contributed by atoms with van der Waals surface area (Å²) in [7, 11) is 0. The van der Waals surface area contributed by atoms with Crippen LogP contribution in [0.2, 0.25) is 0 Å². The highest BCUT2D eigenvalue weighted by molar-refractivity contribution is 6.18. The summed E-state index contributed by atoms with van der Waals surface area (Å²) >= 11 is 6.33. The normalized spacial score (nSPS) is 18.3. The van der Waals surface area contributed by atoms with Crippen molar-refractivity contribution in [3.8, 4) is 5.75 Å². The minimum absolute atomic E-state index is 0.00267. The van der Waals surface area contributed by atoms with Crippen LogP contribution in [0.25, 0.3) is 10.8 Å². The van der Waals surface area contributed by atoms with Crippen LogP contribution in [0.5, 0.6) is 5.75 Å². The number of phenols is 1. The summed E-state index contributed by atoms with van der Waals surface area (Å²) in [5.41, 5.74) is 3.77. The number of fused-ring (bicyclic) bond motifs is 3. The second-order valence-electron chi connectivity index (χ2n) is 8.97. The van der Waals surface area contributed by atoms with Gasteiger partial charge in [0.25, 0.3) is 0 Å². The zero-order valence-electron chi connectivity index (χ0n) is 15.6. The van der Waals surface area contributed by atoms with Gasteiger partial charge in [-0.15, -0.1) is 11.6 Å². The highest BCUT2D eigenvalue weighted by Gasteiger charge is 2.36. The molecule has 0 unspecified atom stereocenters. The summed E-state index contributed by atoms with van der Waals surface area (Å²) < 4.78 is 0. The summed E-state index contributed by atoms with van der Waals surface area (Å²) in [6.07, 6.45) is 0. The molecule has 0 aromatic heterocycles. The lowest BCUT2D eigenvalue weighted by Gasteiger charge is -2.35. The Morgan fingerprint density at radius 2 is 1.75 bits per heavy atom. The fraction of sp³-hybridized carbons (Fsp3) is 0.524. The van der Waals surface area contributed by atoms with Crippen LogP contribution in [0.4, 0.5) is 5.69 Å². The van der Waals surface area contributed by atoms with Crippen LogP contribution < -0.4 is 4.90 Å². The van der Waals surface area contributed by atoms with E-state index in [1.807, 2.05) is 6.07 Å². The molecule has 0 bridgehead atoms. The Hall–Kier alpha value is -1.41. The first-order valence-electron chi connectivity index (χ1n) is 8.67. The van der Waals surface area contributed by atoms with Crippen LogP contribution in [0, 0.1) is 0 Å². The molecule has 3 heteroatoms. The van der Waals surface area contributed by atoms with E-state index in [1.165, 1.54) is 11.1 Å². The molecule has 130 valence electrons. The van der Waals surface area contributed by atoms with Crippen LogP contribution in [0.1, 0.15) is 58.6 Å². The largest absolute Gasteiger partial charge is 0.507 e. The van der Waals surface area contributed by atoms with Crippen molar-refractivity contribution < 1.29 is 5.11 Å². The van der Waals surface area contributed by atoms with Crippen molar-refractivity contribution in [3.05, 3.63) is 35.4 Å². The van der Waals surface area contributed by atoms with Crippen LogP contribution in [0.3, 0.4) is 0 Å². The standard InChI is InChI=1S/C21H28ClNO/c1-20(2,3)14-7-8-15-16(9-14)19-13(11-22)12-23(21(4,5)6)17(19)10-18(15)24/h7-10,13,24H,11-12H2,1-6H3/t13-/m1/s1. The zero-order chi connectivity index (χ0) is 17.9. The lowest BCUT2D eigenvalue weighted by atomic mass is 9.84. The maximum atomic E-state index is 10.6. The molecule has 1 atom stereocenters. The molecule has 1 aliphatic rings. The van der Waals surface area contributed by atoms with Gasteiger partial charge in [0.2, 0.25) is 0 Å². The Bertz CT molecular complexity index is 783. The maximum Gasteiger partial charge on any atom is 0.125 e. The van der Waals surface area contributed by atoms with Gasteiger partial charge in [0.15, 0.2) is 0 Å². The zero-order valence-corrected chi connectivity index (χ0v) is 16.3. The predicted molar refractivity (Wildman–Crippen MR) is 105 cm³/mol. The first-order valence-corrected chi connectivity index (χ1v) is 9.21. The number of phenolic OH excluding ortho intramolecular Hbond substituents is 1. The second kappa shape index (κ2) is 5.56. The van der Waals surface area contributed by atoms with E-state index in [-0.39, 0.29) is 11.0 Å². The summed E-state index contributed by atoms with van der Waals surface area (Å²) in [5, 5.41) is 12.7. The van der Waals surface area contributed by atoms with Crippen LogP contribution in [0.15, 0.2) is 24.3 Å². The fourth-order valence-corrected chi connectivity index (χ4v) is 3.96. The van der Waals surface area contributed by atoms with Gasteiger partial charge in [-0.05, 0) is 42.7 Å².